The highest BCUT2D eigenvalue weighted by Crippen LogP contribution is 2.31. The van der Waals surface area contributed by atoms with Crippen LogP contribution in [0.5, 0.6) is 0 Å². The lowest BCUT2D eigenvalue weighted by Crippen LogP contribution is -2.32. The molecule has 0 saturated carbocycles. The lowest BCUT2D eigenvalue weighted by Gasteiger charge is -2.16. The fourth-order valence-corrected chi connectivity index (χ4v) is 6.38. The van der Waals surface area contributed by atoms with Gasteiger partial charge in [-0.2, -0.15) is 0 Å². The molecular formula is C16H13F2NO5S3. The van der Waals surface area contributed by atoms with Crippen molar-refractivity contribution in [1.82, 2.24) is 4.72 Å². The summed E-state index contributed by atoms with van der Waals surface area (Å²) in [5, 5.41) is 0.191. The normalized spacial score (nSPS) is 13.6. The summed E-state index contributed by atoms with van der Waals surface area (Å²) in [4.78, 5) is -0.908. The second-order valence-electron chi connectivity index (χ2n) is 5.41. The Morgan fingerprint density at radius 2 is 1.85 bits per heavy atom. The van der Waals surface area contributed by atoms with E-state index < -0.39 is 48.2 Å². The van der Waals surface area contributed by atoms with Crippen molar-refractivity contribution in [2.75, 3.05) is 6.54 Å². The Labute approximate surface area is 158 Å². The molecular weight excluding hydrogens is 420 g/mol. The minimum atomic E-state index is -4.50. The Bertz CT molecular complexity index is 1120. The van der Waals surface area contributed by atoms with E-state index in [0.717, 1.165) is 17.4 Å². The second kappa shape index (κ2) is 7.50. The van der Waals surface area contributed by atoms with Crippen molar-refractivity contribution in [2.24, 2.45) is 0 Å². The molecule has 0 aliphatic carbocycles. The van der Waals surface area contributed by atoms with Gasteiger partial charge in [0.1, 0.15) is 31.7 Å². The average Bonchev–Trinajstić information content (AvgIpc) is 3.30. The van der Waals surface area contributed by atoms with Gasteiger partial charge in [0.2, 0.25) is 10.0 Å². The highest BCUT2D eigenvalue weighted by molar-refractivity contribution is 7.93. The molecule has 144 valence electrons. The zero-order chi connectivity index (χ0) is 19.7. The molecule has 0 bridgehead atoms. The predicted octanol–water partition coefficient (Wildman–Crippen LogP) is 3.11. The number of benzene rings is 1. The minimum Gasteiger partial charge on any atom is -0.468 e. The third-order valence-electron chi connectivity index (χ3n) is 3.65. The summed E-state index contributed by atoms with van der Waals surface area (Å²) in [5.41, 5.74) is 0. The largest absolute Gasteiger partial charge is 0.468 e. The van der Waals surface area contributed by atoms with E-state index in [4.69, 9.17) is 4.42 Å². The standard InChI is InChI=1S/C16H13F2NO5S3/c17-11-5-6-12(18)14(9-11)27(22,23)19-10-15(13-3-1-7-24-13)26(20,21)16-4-2-8-25-16/h1-9,15,19H,10H2/t15-/m0/s1. The van der Waals surface area contributed by atoms with Crippen LogP contribution in [0, 0.1) is 11.6 Å². The molecule has 0 radical (unpaired) electrons. The van der Waals surface area contributed by atoms with E-state index in [1.807, 2.05) is 4.72 Å². The van der Waals surface area contributed by atoms with E-state index >= 15 is 0 Å². The molecule has 11 heteroatoms. The monoisotopic (exact) mass is 433 g/mol. The molecule has 0 saturated heterocycles. The molecule has 1 aromatic carbocycles. The van der Waals surface area contributed by atoms with E-state index in [1.165, 1.54) is 24.5 Å². The van der Waals surface area contributed by atoms with Crippen molar-refractivity contribution in [3.63, 3.8) is 0 Å². The highest BCUT2D eigenvalue weighted by Gasteiger charge is 2.34. The van der Waals surface area contributed by atoms with Crippen LogP contribution in [0.2, 0.25) is 0 Å². The van der Waals surface area contributed by atoms with Gasteiger partial charge in [-0.25, -0.2) is 30.3 Å². The lowest BCUT2D eigenvalue weighted by atomic mass is 10.3. The summed E-state index contributed by atoms with van der Waals surface area (Å²) in [6.45, 7) is -0.619. The molecule has 0 aliphatic heterocycles. The average molecular weight is 433 g/mol. The Morgan fingerprint density at radius 1 is 1.07 bits per heavy atom. The predicted molar refractivity (Wildman–Crippen MR) is 94.5 cm³/mol. The van der Waals surface area contributed by atoms with Gasteiger partial charge in [-0.3, -0.25) is 0 Å². The minimum absolute atomic E-state index is 0.0193. The van der Waals surface area contributed by atoms with Gasteiger partial charge in [-0.1, -0.05) is 6.07 Å². The van der Waals surface area contributed by atoms with Crippen molar-refractivity contribution in [3.05, 3.63) is 71.5 Å². The van der Waals surface area contributed by atoms with Gasteiger partial charge in [-0.05, 0) is 41.8 Å². The fraction of sp³-hybridized carbons (Fsp3) is 0.125. The molecule has 2 heterocycles. The maximum Gasteiger partial charge on any atom is 0.243 e. The molecule has 1 atom stereocenters. The first kappa shape index (κ1) is 19.7. The number of furan rings is 1. The first-order valence-corrected chi connectivity index (χ1v) is 11.4. The summed E-state index contributed by atoms with van der Waals surface area (Å²) >= 11 is 0.973. The topological polar surface area (TPSA) is 93.4 Å². The van der Waals surface area contributed by atoms with E-state index in [2.05, 4.69) is 0 Å². The Balaban J connectivity index is 1.93. The molecule has 2 aromatic heterocycles. The van der Waals surface area contributed by atoms with Crippen LogP contribution in [-0.2, 0) is 19.9 Å². The first-order chi connectivity index (χ1) is 12.7. The zero-order valence-electron chi connectivity index (χ0n) is 13.5. The second-order valence-corrected chi connectivity index (χ2v) is 10.4. The van der Waals surface area contributed by atoms with Gasteiger partial charge in [-0.15, -0.1) is 11.3 Å². The summed E-state index contributed by atoms with van der Waals surface area (Å²) < 4.78 is 84.7. The van der Waals surface area contributed by atoms with Crippen molar-refractivity contribution in [3.8, 4) is 0 Å². The van der Waals surface area contributed by atoms with Crippen molar-refractivity contribution < 1.29 is 30.0 Å². The first-order valence-electron chi connectivity index (χ1n) is 7.47. The van der Waals surface area contributed by atoms with Crippen LogP contribution in [0.25, 0.3) is 0 Å². The van der Waals surface area contributed by atoms with E-state index in [1.54, 1.807) is 11.4 Å². The molecule has 3 aromatic rings. The summed E-state index contributed by atoms with van der Waals surface area (Å²) in [6.07, 6.45) is 1.26. The summed E-state index contributed by atoms with van der Waals surface area (Å²) in [6, 6.07) is 7.77. The van der Waals surface area contributed by atoms with E-state index in [0.29, 0.717) is 12.1 Å². The van der Waals surface area contributed by atoms with Crippen molar-refractivity contribution in [2.45, 2.75) is 14.4 Å². The molecule has 1 N–H and O–H groups in total. The number of sulfone groups is 1. The van der Waals surface area contributed by atoms with Gasteiger partial charge >= 0.3 is 0 Å². The number of nitrogens with one attached hydrogen (secondary N) is 1. The van der Waals surface area contributed by atoms with Crippen LogP contribution >= 0.6 is 11.3 Å². The number of sulfonamides is 1. The number of halogens is 2. The molecule has 6 nitrogen and oxygen atoms in total. The Hall–Kier alpha value is -2.08. The zero-order valence-corrected chi connectivity index (χ0v) is 16.0. The quantitative estimate of drug-likeness (QED) is 0.618. The maximum atomic E-state index is 13.8. The van der Waals surface area contributed by atoms with Gasteiger partial charge < -0.3 is 4.42 Å². The highest BCUT2D eigenvalue weighted by atomic mass is 32.2. The fourth-order valence-electron chi connectivity index (χ4n) is 2.35. The SMILES string of the molecule is O=S(=O)(NC[C@@H](c1ccco1)S(=O)(=O)c1cccs1)c1cc(F)ccc1F. The molecule has 0 unspecified atom stereocenters. The van der Waals surface area contributed by atoms with E-state index in [-0.39, 0.29) is 9.97 Å². The lowest BCUT2D eigenvalue weighted by molar-refractivity contribution is 0.486. The maximum absolute atomic E-state index is 13.8. The molecule has 0 amide bonds. The van der Waals surface area contributed by atoms with Gasteiger partial charge in [0, 0.05) is 6.54 Å². The Kier molecular flexibility index (Phi) is 5.47. The van der Waals surface area contributed by atoms with Crippen LogP contribution < -0.4 is 4.72 Å². The molecule has 0 fully saturated rings. The van der Waals surface area contributed by atoms with Crippen LogP contribution in [0.3, 0.4) is 0 Å². The van der Waals surface area contributed by atoms with Gasteiger partial charge in [0.25, 0.3) is 0 Å². The Morgan fingerprint density at radius 3 is 2.48 bits per heavy atom. The molecule has 0 aliphatic rings. The third-order valence-corrected chi connectivity index (χ3v) is 8.58. The number of thiophene rings is 1. The third kappa shape index (κ3) is 4.10. The molecule has 27 heavy (non-hydrogen) atoms. The van der Waals surface area contributed by atoms with Gasteiger partial charge in [0.05, 0.1) is 6.26 Å². The summed E-state index contributed by atoms with van der Waals surface area (Å²) in [7, 11) is -8.47. The number of hydrogen-bond donors (Lipinski definition) is 1. The van der Waals surface area contributed by atoms with Crippen LogP contribution in [-0.4, -0.2) is 23.4 Å². The van der Waals surface area contributed by atoms with Crippen molar-refractivity contribution >= 4 is 31.2 Å². The number of hydrogen-bond acceptors (Lipinski definition) is 6. The van der Waals surface area contributed by atoms with Crippen LogP contribution in [0.4, 0.5) is 8.78 Å². The summed E-state index contributed by atoms with van der Waals surface area (Å²) in [5.74, 6) is -2.07. The smallest absolute Gasteiger partial charge is 0.243 e. The van der Waals surface area contributed by atoms with Crippen LogP contribution in [0.15, 0.2) is 67.6 Å². The van der Waals surface area contributed by atoms with Crippen molar-refractivity contribution in [1.29, 1.82) is 0 Å². The molecule has 0 spiro atoms. The van der Waals surface area contributed by atoms with Gasteiger partial charge in [0.15, 0.2) is 9.84 Å². The van der Waals surface area contributed by atoms with Crippen LogP contribution in [0.1, 0.15) is 11.0 Å². The molecule has 3 rings (SSSR count). The van der Waals surface area contributed by atoms with E-state index in [9.17, 15) is 25.6 Å². The number of rotatable bonds is 7.